The molecule has 3 nitrogen and oxygen atoms in total. The van der Waals surface area contributed by atoms with Crippen LogP contribution in [0.3, 0.4) is 0 Å². The highest BCUT2D eigenvalue weighted by Crippen LogP contribution is 2.46. The molecule has 4 rings (SSSR count). The van der Waals surface area contributed by atoms with E-state index in [-0.39, 0.29) is 4.90 Å². The number of benzene rings is 2. The molecule has 5 heteroatoms. The van der Waals surface area contributed by atoms with Crippen LogP contribution in [0, 0.1) is 6.92 Å². The van der Waals surface area contributed by atoms with Gasteiger partial charge in [0.15, 0.2) is 0 Å². The van der Waals surface area contributed by atoms with Gasteiger partial charge in [0.1, 0.15) is 0 Å². The van der Waals surface area contributed by atoms with Gasteiger partial charge in [0, 0.05) is 27.8 Å². The SMILES string of the molecule is Cc1ccc(S(=O)(=O)NC=C2c3ccccc3-c3sccc32)cc1. The summed E-state index contributed by atoms with van der Waals surface area (Å²) >= 11 is 1.67. The molecule has 0 amide bonds. The van der Waals surface area contributed by atoms with E-state index < -0.39 is 10.0 Å². The molecule has 0 fully saturated rings. The van der Waals surface area contributed by atoms with E-state index >= 15 is 0 Å². The van der Waals surface area contributed by atoms with Gasteiger partial charge < -0.3 is 0 Å². The lowest BCUT2D eigenvalue weighted by atomic mass is 10.1. The molecule has 0 aliphatic heterocycles. The Morgan fingerprint density at radius 3 is 2.38 bits per heavy atom. The van der Waals surface area contributed by atoms with Crippen LogP contribution in [0.15, 0.2) is 71.1 Å². The summed E-state index contributed by atoms with van der Waals surface area (Å²) in [6, 6.07) is 16.9. The molecule has 120 valence electrons. The smallest absolute Gasteiger partial charge is 0.261 e. The van der Waals surface area contributed by atoms with E-state index in [4.69, 9.17) is 0 Å². The summed E-state index contributed by atoms with van der Waals surface area (Å²) in [7, 11) is -3.58. The lowest BCUT2D eigenvalue weighted by Gasteiger charge is -2.07. The Hall–Kier alpha value is -2.37. The first kappa shape index (κ1) is 15.2. The summed E-state index contributed by atoms with van der Waals surface area (Å²) in [5, 5.41) is 2.03. The molecule has 0 atom stereocenters. The zero-order chi connectivity index (χ0) is 16.7. The zero-order valence-electron chi connectivity index (χ0n) is 13.0. The minimum atomic E-state index is -3.58. The van der Waals surface area contributed by atoms with Gasteiger partial charge >= 0.3 is 0 Å². The second kappa shape index (κ2) is 5.61. The largest absolute Gasteiger partial charge is 0.286 e. The van der Waals surface area contributed by atoms with Crippen molar-refractivity contribution in [3.05, 3.63) is 82.9 Å². The van der Waals surface area contributed by atoms with Crippen LogP contribution in [-0.4, -0.2) is 8.42 Å². The first-order valence-corrected chi connectivity index (χ1v) is 9.89. The Morgan fingerprint density at radius 1 is 0.917 bits per heavy atom. The number of hydrogen-bond acceptors (Lipinski definition) is 3. The van der Waals surface area contributed by atoms with Gasteiger partial charge in [0.2, 0.25) is 0 Å². The highest BCUT2D eigenvalue weighted by atomic mass is 32.2. The summed E-state index contributed by atoms with van der Waals surface area (Å²) in [5.74, 6) is 0. The Kier molecular flexibility index (Phi) is 3.55. The molecule has 1 aromatic heterocycles. The van der Waals surface area contributed by atoms with Gasteiger partial charge in [0.05, 0.1) is 4.90 Å². The Labute approximate surface area is 145 Å². The van der Waals surface area contributed by atoms with E-state index in [1.807, 2.05) is 36.6 Å². The Bertz CT molecular complexity index is 1040. The predicted octanol–water partition coefficient (Wildman–Crippen LogP) is 4.40. The van der Waals surface area contributed by atoms with Gasteiger partial charge in [0.25, 0.3) is 10.0 Å². The quantitative estimate of drug-likeness (QED) is 0.593. The number of nitrogens with one attached hydrogen (secondary N) is 1. The van der Waals surface area contributed by atoms with Gasteiger partial charge in [-0.15, -0.1) is 11.3 Å². The number of rotatable bonds is 3. The topological polar surface area (TPSA) is 46.2 Å². The highest BCUT2D eigenvalue weighted by Gasteiger charge is 2.24. The summed E-state index contributed by atoms with van der Waals surface area (Å²) in [5.41, 5.74) is 5.24. The van der Waals surface area contributed by atoms with Crippen LogP contribution in [0.25, 0.3) is 16.0 Å². The molecule has 1 heterocycles. The lowest BCUT2D eigenvalue weighted by molar-refractivity contribution is 0.590. The highest BCUT2D eigenvalue weighted by molar-refractivity contribution is 7.89. The molecule has 0 saturated carbocycles. The van der Waals surface area contributed by atoms with Crippen molar-refractivity contribution in [2.45, 2.75) is 11.8 Å². The predicted molar refractivity (Wildman–Crippen MR) is 98.3 cm³/mol. The summed E-state index contributed by atoms with van der Waals surface area (Å²) < 4.78 is 27.6. The number of thiophene rings is 1. The van der Waals surface area contributed by atoms with Crippen LogP contribution < -0.4 is 4.72 Å². The van der Waals surface area contributed by atoms with Crippen molar-refractivity contribution in [1.82, 2.24) is 4.72 Å². The van der Waals surface area contributed by atoms with Crippen molar-refractivity contribution >= 4 is 26.9 Å². The molecule has 0 saturated heterocycles. The molecule has 0 bridgehead atoms. The number of aryl methyl sites for hydroxylation is 1. The minimum Gasteiger partial charge on any atom is -0.286 e. The lowest BCUT2D eigenvalue weighted by Crippen LogP contribution is -2.18. The fraction of sp³-hybridized carbons (Fsp3) is 0.0526. The van der Waals surface area contributed by atoms with Crippen LogP contribution in [0.4, 0.5) is 0 Å². The first-order valence-electron chi connectivity index (χ1n) is 7.53. The molecule has 2 aromatic carbocycles. The molecular formula is C19H15NO2S2. The Morgan fingerprint density at radius 2 is 1.62 bits per heavy atom. The maximum Gasteiger partial charge on any atom is 0.261 e. The van der Waals surface area contributed by atoms with Crippen molar-refractivity contribution in [2.75, 3.05) is 0 Å². The fourth-order valence-corrected chi connectivity index (χ4v) is 4.72. The normalized spacial score (nSPS) is 14.5. The zero-order valence-corrected chi connectivity index (χ0v) is 14.6. The summed E-state index contributed by atoms with van der Waals surface area (Å²) in [4.78, 5) is 1.45. The van der Waals surface area contributed by atoms with Crippen LogP contribution in [0.2, 0.25) is 0 Å². The van der Waals surface area contributed by atoms with Gasteiger partial charge in [-0.1, -0.05) is 42.0 Å². The maximum atomic E-state index is 12.5. The average molecular weight is 353 g/mol. The van der Waals surface area contributed by atoms with Gasteiger partial charge in [-0.05, 0) is 36.1 Å². The number of fused-ring (bicyclic) bond motifs is 3. The molecule has 0 spiro atoms. The third-order valence-corrected chi connectivity index (χ3v) is 6.38. The summed E-state index contributed by atoms with van der Waals surface area (Å²) in [6.07, 6.45) is 1.60. The van der Waals surface area contributed by atoms with Gasteiger partial charge in [-0.2, -0.15) is 0 Å². The molecule has 0 radical (unpaired) electrons. The summed E-state index contributed by atoms with van der Waals surface area (Å²) in [6.45, 7) is 1.93. The van der Waals surface area contributed by atoms with E-state index in [1.165, 1.54) is 4.88 Å². The van der Waals surface area contributed by atoms with Crippen molar-refractivity contribution < 1.29 is 8.42 Å². The van der Waals surface area contributed by atoms with Crippen molar-refractivity contribution in [2.24, 2.45) is 0 Å². The third kappa shape index (κ3) is 2.46. The van der Waals surface area contributed by atoms with E-state index in [2.05, 4.69) is 10.8 Å². The molecule has 1 N–H and O–H groups in total. The standard InChI is InChI=1S/C19H15NO2S2/c1-13-6-8-14(9-7-13)24(21,22)20-12-18-15-4-2-3-5-16(15)19-17(18)10-11-23-19/h2-12,20H,1H3. The first-order chi connectivity index (χ1) is 11.6. The Balaban J connectivity index is 1.73. The van der Waals surface area contributed by atoms with Gasteiger partial charge in [-0.25, -0.2) is 8.42 Å². The molecule has 0 unspecified atom stereocenters. The second-order valence-electron chi connectivity index (χ2n) is 5.70. The van der Waals surface area contributed by atoms with E-state index in [9.17, 15) is 8.42 Å². The van der Waals surface area contributed by atoms with E-state index in [1.54, 1.807) is 41.8 Å². The van der Waals surface area contributed by atoms with E-state index in [0.717, 1.165) is 27.8 Å². The van der Waals surface area contributed by atoms with Crippen LogP contribution in [0.1, 0.15) is 16.7 Å². The molecule has 1 aliphatic carbocycles. The maximum absolute atomic E-state index is 12.5. The number of sulfonamides is 1. The van der Waals surface area contributed by atoms with Crippen LogP contribution in [0.5, 0.6) is 0 Å². The third-order valence-electron chi connectivity index (χ3n) is 4.11. The van der Waals surface area contributed by atoms with Crippen molar-refractivity contribution in [3.8, 4) is 10.4 Å². The van der Waals surface area contributed by atoms with Crippen molar-refractivity contribution in [3.63, 3.8) is 0 Å². The minimum absolute atomic E-state index is 0.266. The van der Waals surface area contributed by atoms with Crippen LogP contribution >= 0.6 is 11.3 Å². The molecular weight excluding hydrogens is 338 g/mol. The molecule has 24 heavy (non-hydrogen) atoms. The second-order valence-corrected chi connectivity index (χ2v) is 8.33. The fourth-order valence-electron chi connectivity index (χ4n) is 2.87. The monoisotopic (exact) mass is 353 g/mol. The molecule has 3 aromatic rings. The van der Waals surface area contributed by atoms with Gasteiger partial charge in [-0.3, -0.25) is 4.72 Å². The average Bonchev–Trinajstić information content (AvgIpc) is 3.15. The van der Waals surface area contributed by atoms with Crippen LogP contribution in [-0.2, 0) is 10.0 Å². The van der Waals surface area contributed by atoms with Crippen molar-refractivity contribution in [1.29, 1.82) is 0 Å². The number of hydrogen-bond donors (Lipinski definition) is 1. The van der Waals surface area contributed by atoms with E-state index in [0.29, 0.717) is 0 Å². The molecule has 1 aliphatic rings.